The number of carbonyl (C=O) groups excluding carboxylic acids is 1. The number of aliphatic carboxylic acids is 1. The summed E-state index contributed by atoms with van der Waals surface area (Å²) >= 11 is 0. The molecule has 1 aromatic rings. The number of hydrogen-bond donors (Lipinski definition) is 1. The van der Waals surface area contributed by atoms with Gasteiger partial charge >= 0.3 is 12.0 Å². The summed E-state index contributed by atoms with van der Waals surface area (Å²) in [5.74, 6) is -0.835. The number of carbonyl (C=O) groups is 2. The molecule has 1 N–H and O–H groups in total. The van der Waals surface area contributed by atoms with Crippen molar-refractivity contribution < 1.29 is 14.7 Å². The minimum Gasteiger partial charge on any atom is -0.481 e. The van der Waals surface area contributed by atoms with Gasteiger partial charge in [-0.1, -0.05) is 30.3 Å². The van der Waals surface area contributed by atoms with Gasteiger partial charge in [-0.3, -0.25) is 4.79 Å². The molecule has 20 heavy (non-hydrogen) atoms. The summed E-state index contributed by atoms with van der Waals surface area (Å²) in [4.78, 5) is 26.8. The van der Waals surface area contributed by atoms with E-state index in [1.807, 2.05) is 30.3 Å². The number of amides is 2. The fourth-order valence-electron chi connectivity index (χ4n) is 2.47. The van der Waals surface area contributed by atoms with Crippen molar-refractivity contribution in [2.45, 2.75) is 19.9 Å². The summed E-state index contributed by atoms with van der Waals surface area (Å²) in [5, 5.41) is 9.19. The Kier molecular flexibility index (Phi) is 3.97. The fourth-order valence-corrected chi connectivity index (χ4v) is 2.47. The van der Waals surface area contributed by atoms with Crippen molar-refractivity contribution >= 4 is 12.0 Å². The smallest absolute Gasteiger partial charge is 0.320 e. The van der Waals surface area contributed by atoms with Crippen LogP contribution in [-0.2, 0) is 11.3 Å². The van der Waals surface area contributed by atoms with E-state index < -0.39 is 11.4 Å². The first-order chi connectivity index (χ1) is 9.42. The number of carboxylic acids is 1. The lowest BCUT2D eigenvalue weighted by Crippen LogP contribution is -2.41. The van der Waals surface area contributed by atoms with Crippen molar-refractivity contribution in [3.63, 3.8) is 0 Å². The zero-order chi connectivity index (χ0) is 14.8. The van der Waals surface area contributed by atoms with Gasteiger partial charge in [-0.15, -0.1) is 0 Å². The molecule has 0 radical (unpaired) electrons. The Balaban J connectivity index is 1.97. The van der Waals surface area contributed by atoms with Crippen LogP contribution >= 0.6 is 0 Å². The van der Waals surface area contributed by atoms with Crippen molar-refractivity contribution in [1.82, 2.24) is 9.80 Å². The lowest BCUT2D eigenvalue weighted by molar-refractivity contribution is -0.147. The van der Waals surface area contributed by atoms with Crippen LogP contribution in [0.3, 0.4) is 0 Å². The molecule has 1 saturated heterocycles. The van der Waals surface area contributed by atoms with Crippen LogP contribution in [0.1, 0.15) is 18.9 Å². The normalized spacial score (nSPS) is 21.8. The quantitative estimate of drug-likeness (QED) is 0.919. The van der Waals surface area contributed by atoms with E-state index in [0.717, 1.165) is 5.56 Å². The van der Waals surface area contributed by atoms with Crippen LogP contribution in [0.5, 0.6) is 0 Å². The first kappa shape index (κ1) is 14.4. The number of likely N-dealkylation sites (tertiary alicyclic amines) is 1. The SMILES string of the molecule is CN(Cc1ccccc1)C(=O)N1CCC(C)(C(=O)O)C1. The Hall–Kier alpha value is -2.04. The maximum absolute atomic E-state index is 12.3. The molecule has 1 aromatic carbocycles. The van der Waals surface area contributed by atoms with E-state index in [2.05, 4.69) is 0 Å². The maximum Gasteiger partial charge on any atom is 0.320 e. The van der Waals surface area contributed by atoms with Gasteiger partial charge in [-0.2, -0.15) is 0 Å². The van der Waals surface area contributed by atoms with Gasteiger partial charge in [-0.25, -0.2) is 4.79 Å². The van der Waals surface area contributed by atoms with Crippen LogP contribution in [0.15, 0.2) is 30.3 Å². The molecule has 1 aliphatic rings. The minimum atomic E-state index is -0.835. The van der Waals surface area contributed by atoms with Crippen molar-refractivity contribution in [3.05, 3.63) is 35.9 Å². The highest BCUT2D eigenvalue weighted by atomic mass is 16.4. The Morgan fingerprint density at radius 2 is 2.00 bits per heavy atom. The second-order valence-electron chi connectivity index (χ2n) is 5.66. The number of hydrogen-bond acceptors (Lipinski definition) is 2. The highest BCUT2D eigenvalue weighted by Crippen LogP contribution is 2.30. The van der Waals surface area contributed by atoms with Crippen LogP contribution in [0.4, 0.5) is 4.79 Å². The molecular formula is C15H20N2O3. The van der Waals surface area contributed by atoms with E-state index in [1.54, 1.807) is 23.8 Å². The topological polar surface area (TPSA) is 60.9 Å². The zero-order valence-electron chi connectivity index (χ0n) is 11.9. The number of urea groups is 1. The highest BCUT2D eigenvalue weighted by Gasteiger charge is 2.42. The summed E-state index contributed by atoms with van der Waals surface area (Å²) in [6, 6.07) is 9.63. The molecule has 0 saturated carbocycles. The second-order valence-corrected chi connectivity index (χ2v) is 5.66. The minimum absolute atomic E-state index is 0.112. The molecule has 1 aliphatic heterocycles. The van der Waals surface area contributed by atoms with Gasteiger partial charge in [0, 0.05) is 26.7 Å². The summed E-state index contributed by atoms with van der Waals surface area (Å²) in [6.07, 6.45) is 0.507. The molecule has 5 nitrogen and oxygen atoms in total. The van der Waals surface area contributed by atoms with E-state index in [1.165, 1.54) is 0 Å². The maximum atomic E-state index is 12.3. The van der Waals surface area contributed by atoms with E-state index in [-0.39, 0.29) is 12.6 Å². The van der Waals surface area contributed by atoms with E-state index >= 15 is 0 Å². The molecule has 0 aromatic heterocycles. The monoisotopic (exact) mass is 276 g/mol. The summed E-state index contributed by atoms with van der Waals surface area (Å²) < 4.78 is 0. The lowest BCUT2D eigenvalue weighted by Gasteiger charge is -2.26. The molecule has 5 heteroatoms. The van der Waals surface area contributed by atoms with Crippen molar-refractivity contribution in [2.24, 2.45) is 5.41 Å². The van der Waals surface area contributed by atoms with E-state index in [9.17, 15) is 14.7 Å². The molecular weight excluding hydrogens is 256 g/mol. The summed E-state index contributed by atoms with van der Waals surface area (Å²) in [5.41, 5.74) is 0.243. The van der Waals surface area contributed by atoms with Crippen molar-refractivity contribution in [3.8, 4) is 0 Å². The Morgan fingerprint density at radius 1 is 1.35 bits per heavy atom. The average molecular weight is 276 g/mol. The van der Waals surface area contributed by atoms with Crippen LogP contribution in [0.2, 0.25) is 0 Å². The van der Waals surface area contributed by atoms with Crippen LogP contribution < -0.4 is 0 Å². The van der Waals surface area contributed by atoms with Gasteiger partial charge in [0.15, 0.2) is 0 Å². The number of benzene rings is 1. The lowest BCUT2D eigenvalue weighted by atomic mass is 9.90. The predicted molar refractivity (Wildman–Crippen MR) is 75.2 cm³/mol. The summed E-state index contributed by atoms with van der Waals surface area (Å²) in [7, 11) is 1.74. The third-order valence-electron chi connectivity index (χ3n) is 3.85. The second kappa shape index (κ2) is 5.53. The van der Waals surface area contributed by atoms with E-state index in [4.69, 9.17) is 0 Å². The van der Waals surface area contributed by atoms with Crippen molar-refractivity contribution in [2.75, 3.05) is 20.1 Å². The molecule has 108 valence electrons. The number of nitrogens with zero attached hydrogens (tertiary/aromatic N) is 2. The van der Waals surface area contributed by atoms with Crippen LogP contribution in [0.25, 0.3) is 0 Å². The Bertz CT molecular complexity index is 503. The zero-order valence-corrected chi connectivity index (χ0v) is 11.9. The number of rotatable bonds is 3. The fraction of sp³-hybridized carbons (Fsp3) is 0.467. The predicted octanol–water partition coefficient (Wildman–Crippen LogP) is 2.04. The Labute approximate surface area is 118 Å². The van der Waals surface area contributed by atoms with E-state index in [0.29, 0.717) is 19.5 Å². The van der Waals surface area contributed by atoms with Gasteiger partial charge < -0.3 is 14.9 Å². The molecule has 1 heterocycles. The molecule has 1 unspecified atom stereocenters. The van der Waals surface area contributed by atoms with Gasteiger partial charge in [-0.05, 0) is 18.9 Å². The number of carboxylic acid groups (broad SMARTS) is 1. The average Bonchev–Trinajstić information content (AvgIpc) is 2.83. The van der Waals surface area contributed by atoms with Gasteiger partial charge in [0.25, 0.3) is 0 Å². The largest absolute Gasteiger partial charge is 0.481 e. The Morgan fingerprint density at radius 3 is 2.55 bits per heavy atom. The first-order valence-corrected chi connectivity index (χ1v) is 6.70. The third kappa shape index (κ3) is 2.92. The summed E-state index contributed by atoms with van der Waals surface area (Å²) in [6.45, 7) is 3.00. The van der Waals surface area contributed by atoms with Crippen LogP contribution in [0, 0.1) is 5.41 Å². The molecule has 1 fully saturated rings. The standard InChI is InChI=1S/C15H20N2O3/c1-15(13(18)19)8-9-17(11-15)14(20)16(2)10-12-6-4-3-5-7-12/h3-7H,8-11H2,1-2H3,(H,18,19). The third-order valence-corrected chi connectivity index (χ3v) is 3.85. The molecule has 0 bridgehead atoms. The van der Waals surface area contributed by atoms with Crippen molar-refractivity contribution in [1.29, 1.82) is 0 Å². The van der Waals surface area contributed by atoms with Gasteiger partial charge in [0.05, 0.1) is 5.41 Å². The molecule has 0 aliphatic carbocycles. The molecule has 1 atom stereocenters. The van der Waals surface area contributed by atoms with Gasteiger partial charge in [0.1, 0.15) is 0 Å². The first-order valence-electron chi connectivity index (χ1n) is 6.70. The molecule has 0 spiro atoms. The van der Waals surface area contributed by atoms with Gasteiger partial charge in [0.2, 0.25) is 0 Å². The van der Waals surface area contributed by atoms with Crippen LogP contribution in [-0.4, -0.2) is 47.0 Å². The highest BCUT2D eigenvalue weighted by molar-refractivity contribution is 5.79. The molecule has 2 amide bonds. The molecule has 2 rings (SSSR count).